The largest absolute Gasteiger partial charge is 0.494 e. The van der Waals surface area contributed by atoms with Crippen LogP contribution >= 0.6 is 27.5 Å². The molecule has 2 atom stereocenters. The number of rotatable bonds is 13. The minimum absolute atomic E-state index is 0.0133. The Labute approximate surface area is 271 Å². The maximum Gasteiger partial charge on any atom is 0.306 e. The summed E-state index contributed by atoms with van der Waals surface area (Å²) in [6.45, 7) is 6.07. The van der Waals surface area contributed by atoms with E-state index < -0.39 is 29.1 Å². The molecule has 1 aliphatic heterocycles. The lowest BCUT2D eigenvalue weighted by Crippen LogP contribution is -2.52. The number of nitrogens with one attached hydrogen (secondary N) is 2. The van der Waals surface area contributed by atoms with Crippen molar-refractivity contribution in [2.45, 2.75) is 63.8 Å². The summed E-state index contributed by atoms with van der Waals surface area (Å²) in [6.07, 6.45) is -0.420. The van der Waals surface area contributed by atoms with Gasteiger partial charge in [-0.1, -0.05) is 63.9 Å². The second-order valence-corrected chi connectivity index (χ2v) is 12.6. The van der Waals surface area contributed by atoms with E-state index in [4.69, 9.17) is 35.9 Å². The summed E-state index contributed by atoms with van der Waals surface area (Å²) in [5.74, 6) is -0.0561. The highest BCUT2D eigenvalue weighted by molar-refractivity contribution is 9.10. The lowest BCUT2D eigenvalue weighted by Gasteiger charge is -2.31. The van der Waals surface area contributed by atoms with Crippen LogP contribution in [0.4, 0.5) is 0 Å². The van der Waals surface area contributed by atoms with Crippen LogP contribution in [0.3, 0.4) is 0 Å². The number of esters is 1. The molecule has 1 amide bonds. The fraction of sp³-hybridized carbons (Fsp3) is 0.364. The number of hydrogen-bond acceptors (Lipinski definition) is 8. The number of halogens is 2. The maximum absolute atomic E-state index is 14.2. The number of carbonyl (C=O) groups excluding carboxylic acids is 2. The molecule has 1 heterocycles. The molecule has 0 aliphatic carbocycles. The molecule has 4 rings (SSSR count). The van der Waals surface area contributed by atoms with Gasteiger partial charge in [-0.3, -0.25) is 15.0 Å². The van der Waals surface area contributed by atoms with E-state index in [1.165, 1.54) is 0 Å². The Bertz CT molecular complexity index is 1480. The van der Waals surface area contributed by atoms with Crippen LogP contribution in [0.1, 0.15) is 62.8 Å². The quantitative estimate of drug-likeness (QED) is 0.114. The predicted molar refractivity (Wildman–Crippen MR) is 172 cm³/mol. The second-order valence-electron chi connectivity index (χ2n) is 11.3. The molecule has 0 bridgehead atoms. The Balaban J connectivity index is 1.69. The summed E-state index contributed by atoms with van der Waals surface area (Å²) in [6, 6.07) is 21.9. The summed E-state index contributed by atoms with van der Waals surface area (Å²) < 4.78 is 18.5. The zero-order chi connectivity index (χ0) is 31.7. The number of hydrogen-bond donors (Lipinski definition) is 3. The van der Waals surface area contributed by atoms with Gasteiger partial charge in [-0.05, 0) is 69.2 Å². The van der Waals surface area contributed by atoms with Gasteiger partial charge in [0.2, 0.25) is 5.90 Å². The lowest BCUT2D eigenvalue weighted by molar-refractivity contribution is -0.155. The van der Waals surface area contributed by atoms with Gasteiger partial charge in [0, 0.05) is 46.6 Å². The Morgan fingerprint density at radius 2 is 1.77 bits per heavy atom. The average molecular weight is 687 g/mol. The first-order chi connectivity index (χ1) is 21.0. The number of hydrazine groups is 1. The van der Waals surface area contributed by atoms with Crippen molar-refractivity contribution >= 4 is 45.3 Å². The molecule has 0 aromatic heterocycles. The fourth-order valence-corrected chi connectivity index (χ4v) is 5.39. The molecule has 3 aromatic rings. The van der Waals surface area contributed by atoms with Crippen molar-refractivity contribution in [1.29, 1.82) is 0 Å². The first kappa shape index (κ1) is 33.5. The van der Waals surface area contributed by atoms with E-state index in [0.717, 1.165) is 10.0 Å². The number of amides is 1. The van der Waals surface area contributed by atoms with E-state index in [0.29, 0.717) is 34.9 Å². The van der Waals surface area contributed by atoms with E-state index in [1.54, 1.807) is 51.1 Å². The minimum Gasteiger partial charge on any atom is -0.494 e. The third kappa shape index (κ3) is 8.59. The van der Waals surface area contributed by atoms with Crippen molar-refractivity contribution < 1.29 is 28.9 Å². The van der Waals surface area contributed by atoms with E-state index in [-0.39, 0.29) is 31.9 Å². The summed E-state index contributed by atoms with van der Waals surface area (Å²) in [4.78, 5) is 32.0. The number of ether oxygens (including phenoxy) is 3. The van der Waals surface area contributed by atoms with Crippen LogP contribution in [0.25, 0.3) is 0 Å². The van der Waals surface area contributed by atoms with Crippen LogP contribution in [0.2, 0.25) is 5.02 Å². The van der Waals surface area contributed by atoms with E-state index in [1.807, 2.05) is 42.5 Å². The van der Waals surface area contributed by atoms with Crippen LogP contribution in [0.15, 0.2) is 82.3 Å². The predicted octanol–water partition coefficient (Wildman–Crippen LogP) is 6.06. The molecule has 11 heteroatoms. The van der Waals surface area contributed by atoms with E-state index in [9.17, 15) is 9.59 Å². The maximum atomic E-state index is 14.2. The van der Waals surface area contributed by atoms with E-state index >= 15 is 0 Å². The average Bonchev–Trinajstić information content (AvgIpc) is 3.37. The highest BCUT2D eigenvalue weighted by atomic mass is 79.9. The summed E-state index contributed by atoms with van der Waals surface area (Å²) in [7, 11) is 0. The smallest absolute Gasteiger partial charge is 0.306 e. The van der Waals surface area contributed by atoms with Crippen LogP contribution in [0, 0.1) is 0 Å². The molecule has 0 spiro atoms. The van der Waals surface area contributed by atoms with Crippen molar-refractivity contribution in [3.05, 3.63) is 99.0 Å². The summed E-state index contributed by atoms with van der Waals surface area (Å²) in [5, 5.41) is 9.60. The van der Waals surface area contributed by atoms with Gasteiger partial charge in [0.25, 0.3) is 5.91 Å². The molecule has 1 aliphatic rings. The van der Waals surface area contributed by atoms with Crippen molar-refractivity contribution in [3.63, 3.8) is 0 Å². The second kappa shape index (κ2) is 15.0. The Morgan fingerprint density at radius 3 is 2.45 bits per heavy atom. The lowest BCUT2D eigenvalue weighted by atomic mass is 9.83. The normalized spacial score (nSPS) is 17.9. The number of aliphatic hydroxyl groups excluding tert-OH is 1. The molecule has 0 saturated carbocycles. The topological polar surface area (TPSA) is 118 Å². The molecule has 0 fully saturated rings. The fourth-order valence-electron chi connectivity index (χ4n) is 4.69. The highest BCUT2D eigenvalue weighted by Crippen LogP contribution is 2.45. The van der Waals surface area contributed by atoms with Gasteiger partial charge in [-0.15, -0.1) is 0 Å². The van der Waals surface area contributed by atoms with Crippen LogP contribution in [-0.4, -0.2) is 47.2 Å². The van der Waals surface area contributed by atoms with E-state index in [2.05, 4.69) is 26.8 Å². The summed E-state index contributed by atoms with van der Waals surface area (Å²) in [5.41, 5.74) is 5.67. The highest BCUT2D eigenvalue weighted by Gasteiger charge is 2.54. The molecule has 0 radical (unpaired) electrons. The molecule has 44 heavy (non-hydrogen) atoms. The standard InChI is InChI=1S/C33H37BrClN3O6/c1-32(2,3)44-28(40)17-18-33(31(41)38-36-21-23-9-4-7-12-27(23)35)29(25-10-5-6-11-26(25)34)43-30(37-33)22-13-15-24(16-14-22)42-20-8-19-39/h4-7,9-16,29,36,39H,8,17-21H2,1-3H3,(H,38,41)/t29-,33-/m0/s1. The molecule has 234 valence electrons. The molecule has 0 saturated heterocycles. The molecule has 9 nitrogen and oxygen atoms in total. The van der Waals surface area contributed by atoms with Gasteiger partial charge in [0.1, 0.15) is 11.4 Å². The molecule has 0 unspecified atom stereocenters. The van der Waals surface area contributed by atoms with Crippen molar-refractivity contribution in [1.82, 2.24) is 10.9 Å². The zero-order valence-corrected chi connectivity index (χ0v) is 27.3. The molecule has 3 N–H and O–H groups in total. The number of carbonyl (C=O) groups is 2. The molecular formula is C33H37BrClN3O6. The number of aliphatic hydroxyl groups is 1. The molecular weight excluding hydrogens is 650 g/mol. The third-order valence-corrected chi connectivity index (χ3v) is 7.88. The van der Waals surface area contributed by atoms with Crippen LogP contribution < -0.4 is 15.6 Å². The van der Waals surface area contributed by atoms with Gasteiger partial charge in [0.05, 0.1) is 6.61 Å². The number of nitrogens with zero attached hydrogens (tertiary/aromatic N) is 1. The Morgan fingerprint density at radius 1 is 1.07 bits per heavy atom. The van der Waals surface area contributed by atoms with Gasteiger partial charge in [-0.2, -0.15) is 0 Å². The van der Waals surface area contributed by atoms with Gasteiger partial charge in [0.15, 0.2) is 11.6 Å². The Hall–Kier alpha value is -3.44. The van der Waals surface area contributed by atoms with Gasteiger partial charge >= 0.3 is 5.97 Å². The monoisotopic (exact) mass is 685 g/mol. The van der Waals surface area contributed by atoms with Gasteiger partial charge in [-0.25, -0.2) is 10.4 Å². The van der Waals surface area contributed by atoms with Crippen molar-refractivity contribution in [2.75, 3.05) is 13.2 Å². The number of aliphatic imine (C=N–C) groups is 1. The first-order valence-electron chi connectivity index (χ1n) is 14.4. The first-order valence-corrected chi connectivity index (χ1v) is 15.5. The SMILES string of the molecule is CC(C)(C)OC(=O)CC[C@]1(C(=O)NNCc2ccccc2Cl)N=C(c2ccc(OCCCO)cc2)O[C@H]1c1ccccc1Br. The molecule has 3 aromatic carbocycles. The van der Waals surface area contributed by atoms with Crippen LogP contribution in [0.5, 0.6) is 5.75 Å². The summed E-state index contributed by atoms with van der Waals surface area (Å²) >= 11 is 9.93. The van der Waals surface area contributed by atoms with Crippen LogP contribution in [-0.2, 0) is 25.6 Å². The van der Waals surface area contributed by atoms with Crippen molar-refractivity contribution in [3.8, 4) is 5.75 Å². The minimum atomic E-state index is -1.54. The zero-order valence-electron chi connectivity index (χ0n) is 24.9. The third-order valence-electron chi connectivity index (χ3n) is 6.79. The number of benzene rings is 3. The Kier molecular flexibility index (Phi) is 11.4. The van der Waals surface area contributed by atoms with Gasteiger partial charge < -0.3 is 19.3 Å². The van der Waals surface area contributed by atoms with Crippen molar-refractivity contribution in [2.24, 2.45) is 4.99 Å².